The summed E-state index contributed by atoms with van der Waals surface area (Å²) in [5.74, 6) is -0.894. The van der Waals surface area contributed by atoms with Crippen molar-refractivity contribution in [1.82, 2.24) is 0 Å². The van der Waals surface area contributed by atoms with Gasteiger partial charge in [0.2, 0.25) is 0 Å². The van der Waals surface area contributed by atoms with Gasteiger partial charge in [0.05, 0.1) is 20.3 Å². The van der Waals surface area contributed by atoms with Gasteiger partial charge in [-0.2, -0.15) is 0 Å². The van der Waals surface area contributed by atoms with Gasteiger partial charge < -0.3 is 19.3 Å². The molecule has 0 aromatic heterocycles. The Labute approximate surface area is 142 Å². The average Bonchev–Trinajstić information content (AvgIpc) is 2.56. The number of rotatable bonds is 9. The highest BCUT2D eigenvalue weighted by Crippen LogP contribution is 2.35. The Balaban J connectivity index is 3.29. The normalized spacial score (nSPS) is 11.0. The second-order valence-corrected chi connectivity index (χ2v) is 5.46. The first-order valence-electron chi connectivity index (χ1n) is 8.15. The van der Waals surface area contributed by atoms with E-state index >= 15 is 0 Å². The van der Waals surface area contributed by atoms with Gasteiger partial charge in [-0.3, -0.25) is 9.59 Å². The molecule has 0 saturated heterocycles. The van der Waals surface area contributed by atoms with Crippen molar-refractivity contribution in [3.05, 3.63) is 23.8 Å². The summed E-state index contributed by atoms with van der Waals surface area (Å²) >= 11 is 0. The number of phenols is 1. The van der Waals surface area contributed by atoms with Gasteiger partial charge in [0.25, 0.3) is 0 Å². The van der Waals surface area contributed by atoms with Gasteiger partial charge in [0.1, 0.15) is 0 Å². The van der Waals surface area contributed by atoms with Crippen LogP contribution >= 0.6 is 0 Å². The molecule has 0 amide bonds. The summed E-state index contributed by atoms with van der Waals surface area (Å²) in [5, 5.41) is 9.72. The molecule has 1 N–H and O–H groups in total. The van der Waals surface area contributed by atoms with Gasteiger partial charge in [0, 0.05) is 0 Å². The zero-order chi connectivity index (χ0) is 18.2. The third-order valence-corrected chi connectivity index (χ3v) is 3.76. The molecule has 0 spiro atoms. The van der Waals surface area contributed by atoms with Crippen molar-refractivity contribution in [2.24, 2.45) is 5.41 Å². The Morgan fingerprint density at radius 1 is 1.08 bits per heavy atom. The van der Waals surface area contributed by atoms with Crippen molar-refractivity contribution in [1.29, 1.82) is 0 Å². The predicted molar refractivity (Wildman–Crippen MR) is 89.0 cm³/mol. The summed E-state index contributed by atoms with van der Waals surface area (Å²) in [4.78, 5) is 25.2. The maximum atomic E-state index is 12.6. The van der Waals surface area contributed by atoms with Crippen LogP contribution in [0.1, 0.15) is 39.2 Å². The van der Waals surface area contributed by atoms with Crippen molar-refractivity contribution in [2.75, 3.05) is 20.3 Å². The summed E-state index contributed by atoms with van der Waals surface area (Å²) in [5.41, 5.74) is -0.720. The Bertz CT molecular complexity index is 549. The molecular weight excluding hydrogens is 312 g/mol. The number of hydrogen-bond acceptors (Lipinski definition) is 6. The van der Waals surface area contributed by atoms with Crippen LogP contribution in [0.4, 0.5) is 0 Å². The van der Waals surface area contributed by atoms with Gasteiger partial charge >= 0.3 is 11.9 Å². The van der Waals surface area contributed by atoms with Crippen molar-refractivity contribution in [3.8, 4) is 11.5 Å². The van der Waals surface area contributed by atoms with Gasteiger partial charge in [-0.05, 0) is 44.4 Å². The van der Waals surface area contributed by atoms with Crippen LogP contribution in [0.2, 0.25) is 0 Å². The van der Waals surface area contributed by atoms with Gasteiger partial charge in [-0.25, -0.2) is 0 Å². The Kier molecular flexibility index (Phi) is 7.55. The van der Waals surface area contributed by atoms with E-state index in [1.54, 1.807) is 26.0 Å². The molecule has 1 aromatic carbocycles. The van der Waals surface area contributed by atoms with E-state index in [0.29, 0.717) is 18.4 Å². The number of carbonyl (C=O) groups excluding carboxylic acids is 2. The van der Waals surface area contributed by atoms with Gasteiger partial charge in [0.15, 0.2) is 16.9 Å². The molecular formula is C18H26O6. The molecule has 0 saturated carbocycles. The highest BCUT2D eigenvalue weighted by molar-refractivity contribution is 6.00. The second kappa shape index (κ2) is 9.15. The number of esters is 2. The SMILES string of the molecule is CCCC(Cc1ccc(O)c(OC)c1)(C(=O)OCC)C(=O)OCC. The fourth-order valence-electron chi connectivity index (χ4n) is 2.67. The summed E-state index contributed by atoms with van der Waals surface area (Å²) in [6.07, 6.45) is 1.05. The molecule has 0 bridgehead atoms. The van der Waals surface area contributed by atoms with E-state index in [4.69, 9.17) is 14.2 Å². The largest absolute Gasteiger partial charge is 0.504 e. The lowest BCUT2D eigenvalue weighted by atomic mass is 9.77. The summed E-state index contributed by atoms with van der Waals surface area (Å²) in [6, 6.07) is 4.74. The molecule has 1 rings (SSSR count). The first-order valence-corrected chi connectivity index (χ1v) is 8.15. The number of phenolic OH excluding ortho intramolecular Hbond substituents is 1. The smallest absolute Gasteiger partial charge is 0.323 e. The van der Waals surface area contributed by atoms with Gasteiger partial charge in [-0.15, -0.1) is 0 Å². The van der Waals surface area contributed by atoms with E-state index in [1.807, 2.05) is 6.92 Å². The quantitative estimate of drug-likeness (QED) is 0.551. The molecule has 0 heterocycles. The molecule has 0 radical (unpaired) electrons. The average molecular weight is 338 g/mol. The number of carbonyl (C=O) groups is 2. The third kappa shape index (κ3) is 4.40. The first-order chi connectivity index (χ1) is 11.4. The molecule has 6 nitrogen and oxygen atoms in total. The number of hydrogen-bond donors (Lipinski definition) is 1. The summed E-state index contributed by atoms with van der Waals surface area (Å²) < 4.78 is 15.4. The third-order valence-electron chi connectivity index (χ3n) is 3.76. The molecule has 1 aromatic rings. The Morgan fingerprint density at radius 3 is 2.12 bits per heavy atom. The Morgan fingerprint density at radius 2 is 1.67 bits per heavy atom. The van der Waals surface area contributed by atoms with Crippen molar-refractivity contribution in [2.45, 2.75) is 40.0 Å². The van der Waals surface area contributed by atoms with Crippen LogP contribution in [-0.2, 0) is 25.5 Å². The van der Waals surface area contributed by atoms with Gasteiger partial charge in [-0.1, -0.05) is 19.4 Å². The summed E-state index contributed by atoms with van der Waals surface area (Å²) in [6.45, 7) is 5.66. The zero-order valence-corrected chi connectivity index (χ0v) is 14.8. The zero-order valence-electron chi connectivity index (χ0n) is 14.8. The van der Waals surface area contributed by atoms with E-state index in [1.165, 1.54) is 13.2 Å². The second-order valence-electron chi connectivity index (χ2n) is 5.46. The first kappa shape index (κ1) is 19.8. The topological polar surface area (TPSA) is 82.1 Å². The van der Waals surface area contributed by atoms with Crippen LogP contribution in [0.3, 0.4) is 0 Å². The minimum absolute atomic E-state index is 0.00499. The van der Waals surface area contributed by atoms with Crippen LogP contribution in [0.25, 0.3) is 0 Å². The molecule has 0 aliphatic heterocycles. The number of methoxy groups -OCH3 is 1. The standard InChI is InChI=1S/C18H26O6/c1-5-10-18(16(20)23-6-2,17(21)24-7-3)12-13-8-9-14(19)15(11-13)22-4/h8-9,11,19H,5-7,10,12H2,1-4H3. The van der Waals surface area contributed by atoms with E-state index < -0.39 is 17.4 Å². The predicted octanol–water partition coefficient (Wildman–Crippen LogP) is 2.86. The number of aromatic hydroxyl groups is 1. The minimum Gasteiger partial charge on any atom is -0.504 e. The maximum absolute atomic E-state index is 12.6. The lowest BCUT2D eigenvalue weighted by molar-refractivity contribution is -0.172. The molecule has 0 aliphatic carbocycles. The molecule has 24 heavy (non-hydrogen) atoms. The monoisotopic (exact) mass is 338 g/mol. The van der Waals surface area contributed by atoms with Crippen molar-refractivity contribution < 1.29 is 28.9 Å². The van der Waals surface area contributed by atoms with Crippen molar-refractivity contribution in [3.63, 3.8) is 0 Å². The van der Waals surface area contributed by atoms with Crippen molar-refractivity contribution >= 4 is 11.9 Å². The summed E-state index contributed by atoms with van der Waals surface area (Å²) in [7, 11) is 1.44. The Hall–Kier alpha value is -2.24. The minimum atomic E-state index is -1.40. The van der Waals surface area contributed by atoms with E-state index in [2.05, 4.69) is 0 Å². The highest BCUT2D eigenvalue weighted by atomic mass is 16.6. The van der Waals surface area contributed by atoms with E-state index in [-0.39, 0.29) is 31.1 Å². The van der Waals surface area contributed by atoms with E-state index in [9.17, 15) is 14.7 Å². The fraction of sp³-hybridized carbons (Fsp3) is 0.556. The van der Waals surface area contributed by atoms with Crippen LogP contribution in [-0.4, -0.2) is 37.4 Å². The molecule has 0 atom stereocenters. The number of benzene rings is 1. The molecule has 0 fully saturated rings. The lowest BCUT2D eigenvalue weighted by Crippen LogP contribution is -2.44. The lowest BCUT2D eigenvalue weighted by Gasteiger charge is -2.29. The van der Waals surface area contributed by atoms with E-state index in [0.717, 1.165) is 0 Å². The molecule has 0 unspecified atom stereocenters. The van der Waals surface area contributed by atoms with Crippen LogP contribution < -0.4 is 4.74 Å². The fourth-order valence-corrected chi connectivity index (χ4v) is 2.67. The van der Waals surface area contributed by atoms with Crippen LogP contribution in [0.15, 0.2) is 18.2 Å². The molecule has 134 valence electrons. The molecule has 0 aliphatic rings. The highest BCUT2D eigenvalue weighted by Gasteiger charge is 2.48. The van der Waals surface area contributed by atoms with Crippen LogP contribution in [0, 0.1) is 5.41 Å². The van der Waals surface area contributed by atoms with Crippen LogP contribution in [0.5, 0.6) is 11.5 Å². The number of ether oxygens (including phenoxy) is 3. The maximum Gasteiger partial charge on any atom is 0.323 e. The molecule has 6 heteroatoms.